The Bertz CT molecular complexity index is 388. The number of hydrogen-bond acceptors (Lipinski definition) is 4. The van der Waals surface area contributed by atoms with Crippen molar-refractivity contribution in [3.63, 3.8) is 0 Å². The monoisotopic (exact) mass is 265 g/mol. The van der Waals surface area contributed by atoms with Crippen LogP contribution in [0, 0.1) is 5.92 Å². The zero-order valence-electron chi connectivity index (χ0n) is 11.4. The van der Waals surface area contributed by atoms with E-state index in [9.17, 15) is 0 Å². The molecule has 2 fully saturated rings. The summed E-state index contributed by atoms with van der Waals surface area (Å²) in [6, 6.07) is 0.655. The third-order valence-corrected chi connectivity index (χ3v) is 5.31. The van der Waals surface area contributed by atoms with Gasteiger partial charge in [-0.2, -0.15) is 0 Å². The van der Waals surface area contributed by atoms with E-state index < -0.39 is 0 Å². The Hall–Kier alpha value is -0.450. The maximum Gasteiger partial charge on any atom is 0.107 e. The molecule has 18 heavy (non-hydrogen) atoms. The number of aromatic nitrogens is 1. The number of nitrogens with one attached hydrogen (secondary N) is 1. The quantitative estimate of drug-likeness (QED) is 0.910. The van der Waals surface area contributed by atoms with Crippen LogP contribution in [0.4, 0.5) is 0 Å². The van der Waals surface area contributed by atoms with Crippen LogP contribution in [-0.2, 0) is 6.54 Å². The third kappa shape index (κ3) is 2.60. The van der Waals surface area contributed by atoms with Crippen molar-refractivity contribution in [2.75, 3.05) is 13.1 Å². The van der Waals surface area contributed by atoms with Gasteiger partial charge in [-0.05, 0) is 45.6 Å². The molecule has 2 heterocycles. The molecule has 1 saturated carbocycles. The first-order valence-corrected chi connectivity index (χ1v) is 7.93. The first-order chi connectivity index (χ1) is 8.67. The summed E-state index contributed by atoms with van der Waals surface area (Å²) < 4.78 is 0. The van der Waals surface area contributed by atoms with E-state index in [4.69, 9.17) is 0 Å². The zero-order chi connectivity index (χ0) is 12.6. The highest BCUT2D eigenvalue weighted by molar-refractivity contribution is 7.09. The van der Waals surface area contributed by atoms with Crippen LogP contribution in [0.1, 0.15) is 38.1 Å². The molecule has 2 atom stereocenters. The van der Waals surface area contributed by atoms with Gasteiger partial charge in [-0.15, -0.1) is 11.3 Å². The lowest BCUT2D eigenvalue weighted by molar-refractivity contribution is 0.154. The van der Waals surface area contributed by atoms with E-state index in [0.29, 0.717) is 11.6 Å². The minimum Gasteiger partial charge on any atom is -0.310 e. The van der Waals surface area contributed by atoms with Crippen molar-refractivity contribution in [1.29, 1.82) is 0 Å². The number of thiazole rings is 1. The molecule has 1 N–H and O–H groups in total. The van der Waals surface area contributed by atoms with Crippen molar-refractivity contribution in [2.24, 2.45) is 5.92 Å². The lowest BCUT2D eigenvalue weighted by Crippen LogP contribution is -2.51. The van der Waals surface area contributed by atoms with E-state index in [1.807, 2.05) is 6.20 Å². The first-order valence-electron chi connectivity index (χ1n) is 7.05. The Labute approximate surface area is 114 Å². The lowest BCUT2D eigenvalue weighted by atomic mass is 9.95. The fraction of sp³-hybridized carbons (Fsp3) is 0.786. The largest absolute Gasteiger partial charge is 0.310 e. The topological polar surface area (TPSA) is 28.2 Å². The SMILES string of the molecule is CC1CCNC(C)(C2CC2)CN1Cc1nccs1. The van der Waals surface area contributed by atoms with E-state index in [1.54, 1.807) is 11.3 Å². The van der Waals surface area contributed by atoms with Crippen LogP contribution in [0.15, 0.2) is 11.6 Å². The van der Waals surface area contributed by atoms with Gasteiger partial charge in [0, 0.05) is 29.7 Å². The van der Waals surface area contributed by atoms with E-state index >= 15 is 0 Å². The zero-order valence-corrected chi connectivity index (χ0v) is 12.2. The van der Waals surface area contributed by atoms with Gasteiger partial charge in [-0.1, -0.05) is 0 Å². The molecule has 3 rings (SSSR count). The molecule has 2 unspecified atom stereocenters. The molecule has 1 aliphatic carbocycles. The summed E-state index contributed by atoms with van der Waals surface area (Å²) >= 11 is 1.78. The first kappa shape index (κ1) is 12.6. The second kappa shape index (κ2) is 4.91. The van der Waals surface area contributed by atoms with Crippen LogP contribution in [-0.4, -0.2) is 34.6 Å². The number of hydrogen-bond donors (Lipinski definition) is 1. The Balaban J connectivity index is 1.73. The normalized spacial score (nSPS) is 34.4. The molecule has 0 spiro atoms. The highest BCUT2D eigenvalue weighted by Gasteiger charge is 2.43. The molecule has 1 aromatic heterocycles. The maximum atomic E-state index is 4.44. The summed E-state index contributed by atoms with van der Waals surface area (Å²) in [7, 11) is 0. The molecule has 1 aliphatic heterocycles. The van der Waals surface area contributed by atoms with Crippen LogP contribution >= 0.6 is 11.3 Å². The molecular formula is C14H23N3S. The van der Waals surface area contributed by atoms with E-state index in [-0.39, 0.29) is 0 Å². The molecule has 0 aromatic carbocycles. The average molecular weight is 265 g/mol. The summed E-state index contributed by atoms with van der Waals surface area (Å²) in [5.74, 6) is 0.890. The van der Waals surface area contributed by atoms with E-state index in [2.05, 4.69) is 34.4 Å². The molecule has 1 aromatic rings. The van der Waals surface area contributed by atoms with Crippen LogP contribution in [0.2, 0.25) is 0 Å². The molecule has 1 saturated heterocycles. The highest BCUT2D eigenvalue weighted by Crippen LogP contribution is 2.41. The van der Waals surface area contributed by atoms with Gasteiger partial charge < -0.3 is 5.32 Å². The predicted molar refractivity (Wildman–Crippen MR) is 75.7 cm³/mol. The summed E-state index contributed by atoms with van der Waals surface area (Å²) in [4.78, 5) is 7.06. The summed E-state index contributed by atoms with van der Waals surface area (Å²) in [5, 5.41) is 7.13. The van der Waals surface area contributed by atoms with Crippen molar-refractivity contribution >= 4 is 11.3 Å². The van der Waals surface area contributed by atoms with Crippen LogP contribution in [0.3, 0.4) is 0 Å². The van der Waals surface area contributed by atoms with Gasteiger partial charge in [-0.3, -0.25) is 4.90 Å². The van der Waals surface area contributed by atoms with Gasteiger partial charge in [0.1, 0.15) is 5.01 Å². The summed E-state index contributed by atoms with van der Waals surface area (Å²) in [5.41, 5.74) is 0.321. The predicted octanol–water partition coefficient (Wildman–Crippen LogP) is 2.50. The van der Waals surface area contributed by atoms with Crippen molar-refractivity contribution in [2.45, 2.75) is 51.2 Å². The van der Waals surface area contributed by atoms with Crippen molar-refractivity contribution in [1.82, 2.24) is 15.2 Å². The number of nitrogens with zero attached hydrogens (tertiary/aromatic N) is 2. The van der Waals surface area contributed by atoms with Gasteiger partial charge in [0.25, 0.3) is 0 Å². The van der Waals surface area contributed by atoms with Gasteiger partial charge in [0.05, 0.1) is 6.54 Å². The van der Waals surface area contributed by atoms with Crippen molar-refractivity contribution < 1.29 is 0 Å². The maximum absolute atomic E-state index is 4.44. The summed E-state index contributed by atoms with van der Waals surface area (Å²) in [6.07, 6.45) is 5.97. The minimum absolute atomic E-state index is 0.321. The van der Waals surface area contributed by atoms with Crippen molar-refractivity contribution in [3.05, 3.63) is 16.6 Å². The minimum atomic E-state index is 0.321. The second-order valence-corrected chi connectivity index (χ2v) is 7.07. The summed E-state index contributed by atoms with van der Waals surface area (Å²) in [6.45, 7) is 8.11. The van der Waals surface area contributed by atoms with Gasteiger partial charge in [0.15, 0.2) is 0 Å². The fourth-order valence-electron chi connectivity index (χ4n) is 3.09. The lowest BCUT2D eigenvalue weighted by Gasteiger charge is -2.35. The molecule has 0 bridgehead atoms. The molecule has 3 nitrogen and oxygen atoms in total. The van der Waals surface area contributed by atoms with Crippen LogP contribution in [0.5, 0.6) is 0 Å². The van der Waals surface area contributed by atoms with Crippen LogP contribution < -0.4 is 5.32 Å². The standard InChI is InChI=1S/C14H23N3S/c1-11-5-6-16-14(2,12-3-4-12)10-17(11)9-13-15-7-8-18-13/h7-8,11-12,16H,3-6,9-10H2,1-2H3. The van der Waals surface area contributed by atoms with Crippen molar-refractivity contribution in [3.8, 4) is 0 Å². The third-order valence-electron chi connectivity index (χ3n) is 4.55. The molecule has 2 aliphatic rings. The second-order valence-electron chi connectivity index (χ2n) is 6.09. The molecule has 4 heteroatoms. The fourth-order valence-corrected chi connectivity index (χ4v) is 3.73. The van der Waals surface area contributed by atoms with Crippen LogP contribution in [0.25, 0.3) is 0 Å². The Morgan fingerprint density at radius 2 is 2.33 bits per heavy atom. The average Bonchev–Trinajstić information content (AvgIpc) is 3.09. The Morgan fingerprint density at radius 1 is 1.50 bits per heavy atom. The van der Waals surface area contributed by atoms with Gasteiger partial charge >= 0.3 is 0 Å². The molecule has 0 amide bonds. The Morgan fingerprint density at radius 3 is 3.00 bits per heavy atom. The van der Waals surface area contributed by atoms with Gasteiger partial charge in [0.2, 0.25) is 0 Å². The highest BCUT2D eigenvalue weighted by atomic mass is 32.1. The van der Waals surface area contributed by atoms with Gasteiger partial charge in [-0.25, -0.2) is 4.98 Å². The number of rotatable bonds is 3. The van der Waals surface area contributed by atoms with E-state index in [0.717, 1.165) is 19.0 Å². The van der Waals surface area contributed by atoms with E-state index in [1.165, 1.54) is 30.8 Å². The smallest absolute Gasteiger partial charge is 0.107 e. The molecule has 0 radical (unpaired) electrons. The molecule has 100 valence electrons. The Kier molecular flexibility index (Phi) is 3.43. The molecular weight excluding hydrogens is 242 g/mol.